The van der Waals surface area contributed by atoms with Gasteiger partial charge in [-0.2, -0.15) is 0 Å². The fourth-order valence-electron chi connectivity index (χ4n) is 3.21. The van der Waals surface area contributed by atoms with Gasteiger partial charge in [-0.1, -0.05) is 42.0 Å². The van der Waals surface area contributed by atoms with Crippen molar-refractivity contribution in [1.29, 1.82) is 0 Å². The van der Waals surface area contributed by atoms with Crippen molar-refractivity contribution in [2.75, 3.05) is 20.6 Å². The van der Waals surface area contributed by atoms with Crippen LogP contribution in [0.4, 0.5) is 0 Å². The van der Waals surface area contributed by atoms with Crippen LogP contribution < -0.4 is 5.32 Å². The maximum atomic E-state index is 12.7. The lowest BCUT2D eigenvalue weighted by Gasteiger charge is -2.25. The molecule has 3 rings (SSSR count). The molecule has 0 fully saturated rings. The summed E-state index contributed by atoms with van der Waals surface area (Å²) in [5.41, 5.74) is 5.16. The average molecular weight is 350 g/mol. The summed E-state index contributed by atoms with van der Waals surface area (Å²) >= 11 is 0. The van der Waals surface area contributed by atoms with Crippen LogP contribution in [0.5, 0.6) is 0 Å². The second-order valence-corrected chi connectivity index (χ2v) is 7.16. The Bertz CT molecular complexity index is 923. The number of likely N-dealkylation sites (N-methyl/N-ethyl adjacent to an activating group) is 1. The van der Waals surface area contributed by atoms with Gasteiger partial charge in [-0.25, -0.2) is 0 Å². The predicted molar refractivity (Wildman–Crippen MR) is 106 cm³/mol. The molecule has 0 aliphatic rings. The monoisotopic (exact) mass is 350 g/mol. The molecule has 0 saturated heterocycles. The van der Waals surface area contributed by atoms with E-state index in [1.54, 1.807) is 0 Å². The Kier molecular flexibility index (Phi) is 5.14. The first-order chi connectivity index (χ1) is 12.4. The number of carbonyl (C=O) groups is 1. The Morgan fingerprint density at radius 1 is 1.04 bits per heavy atom. The molecule has 0 bridgehead atoms. The van der Waals surface area contributed by atoms with Crippen LogP contribution in [0.1, 0.15) is 38.9 Å². The minimum atomic E-state index is -0.171. The van der Waals surface area contributed by atoms with Crippen molar-refractivity contribution < 1.29 is 9.21 Å². The lowest BCUT2D eigenvalue weighted by Crippen LogP contribution is -2.34. The largest absolute Gasteiger partial charge is 0.451 e. The highest BCUT2D eigenvalue weighted by Gasteiger charge is 2.20. The van der Waals surface area contributed by atoms with E-state index in [1.165, 1.54) is 11.1 Å². The van der Waals surface area contributed by atoms with Crippen molar-refractivity contribution in [2.24, 2.45) is 0 Å². The molecular weight excluding hydrogens is 324 g/mol. The summed E-state index contributed by atoms with van der Waals surface area (Å²) in [5.74, 6) is 0.224. The highest BCUT2D eigenvalue weighted by atomic mass is 16.3. The van der Waals surface area contributed by atoms with Gasteiger partial charge in [0.05, 0.1) is 6.04 Å². The summed E-state index contributed by atoms with van der Waals surface area (Å²) in [4.78, 5) is 14.8. The minimum absolute atomic E-state index is 0.103. The van der Waals surface area contributed by atoms with Gasteiger partial charge in [0.25, 0.3) is 5.91 Å². The van der Waals surface area contributed by atoms with Gasteiger partial charge in [-0.05, 0) is 52.1 Å². The Balaban J connectivity index is 1.78. The smallest absolute Gasteiger partial charge is 0.287 e. The summed E-state index contributed by atoms with van der Waals surface area (Å²) in [6.07, 6.45) is 0. The lowest BCUT2D eigenvalue weighted by atomic mass is 10.0. The number of amides is 1. The average Bonchev–Trinajstić information content (AvgIpc) is 2.92. The molecule has 2 aromatic carbocycles. The van der Waals surface area contributed by atoms with Crippen LogP contribution in [0.15, 0.2) is 46.9 Å². The zero-order valence-electron chi connectivity index (χ0n) is 16.1. The Hall–Kier alpha value is -2.59. The third kappa shape index (κ3) is 3.65. The highest BCUT2D eigenvalue weighted by molar-refractivity contribution is 5.99. The summed E-state index contributed by atoms with van der Waals surface area (Å²) in [6.45, 7) is 6.53. The summed E-state index contributed by atoms with van der Waals surface area (Å²) in [5, 5.41) is 4.02. The van der Waals surface area contributed by atoms with Gasteiger partial charge >= 0.3 is 0 Å². The van der Waals surface area contributed by atoms with E-state index in [4.69, 9.17) is 4.42 Å². The molecule has 0 radical (unpaired) electrons. The van der Waals surface area contributed by atoms with E-state index < -0.39 is 0 Å². The van der Waals surface area contributed by atoms with Crippen LogP contribution in [0.3, 0.4) is 0 Å². The molecule has 1 amide bonds. The molecule has 1 aromatic heterocycles. The molecule has 1 N–H and O–H groups in total. The maximum absolute atomic E-state index is 12.7. The van der Waals surface area contributed by atoms with Crippen LogP contribution in [0.2, 0.25) is 0 Å². The maximum Gasteiger partial charge on any atom is 0.287 e. The number of furan rings is 1. The Morgan fingerprint density at radius 2 is 1.69 bits per heavy atom. The summed E-state index contributed by atoms with van der Waals surface area (Å²) < 4.78 is 5.83. The molecule has 1 heterocycles. The first kappa shape index (κ1) is 18.2. The standard InChI is InChI=1S/C22H26N2O2/c1-14-6-9-17(10-7-14)19(24(4)5)13-23-22(25)21-16(3)18-11-8-15(2)12-20(18)26-21/h6-12,19H,13H2,1-5H3,(H,23,25)/t19-/m1/s1. The van der Waals surface area contributed by atoms with Gasteiger partial charge in [-0.3, -0.25) is 4.79 Å². The molecule has 1 atom stereocenters. The van der Waals surface area contributed by atoms with E-state index >= 15 is 0 Å². The van der Waals surface area contributed by atoms with Crippen LogP contribution in [0, 0.1) is 20.8 Å². The number of benzene rings is 2. The van der Waals surface area contributed by atoms with Crippen molar-refractivity contribution >= 4 is 16.9 Å². The minimum Gasteiger partial charge on any atom is -0.451 e. The fourth-order valence-corrected chi connectivity index (χ4v) is 3.21. The molecule has 4 nitrogen and oxygen atoms in total. The van der Waals surface area contributed by atoms with E-state index in [0.29, 0.717) is 12.3 Å². The second kappa shape index (κ2) is 7.34. The molecule has 3 aromatic rings. The molecular formula is C22H26N2O2. The normalized spacial score (nSPS) is 12.5. The van der Waals surface area contributed by atoms with E-state index in [2.05, 4.69) is 41.4 Å². The van der Waals surface area contributed by atoms with E-state index in [-0.39, 0.29) is 11.9 Å². The number of rotatable bonds is 5. The van der Waals surface area contributed by atoms with Gasteiger partial charge in [0.15, 0.2) is 5.76 Å². The van der Waals surface area contributed by atoms with Gasteiger partial charge in [0, 0.05) is 17.5 Å². The second-order valence-electron chi connectivity index (χ2n) is 7.16. The first-order valence-electron chi connectivity index (χ1n) is 8.87. The van der Waals surface area contributed by atoms with Crippen molar-refractivity contribution in [3.8, 4) is 0 Å². The molecule has 0 saturated carbocycles. The van der Waals surface area contributed by atoms with Gasteiger partial charge < -0.3 is 14.6 Å². The van der Waals surface area contributed by atoms with Gasteiger partial charge in [-0.15, -0.1) is 0 Å². The number of nitrogens with one attached hydrogen (secondary N) is 1. The first-order valence-corrected chi connectivity index (χ1v) is 8.87. The predicted octanol–water partition coefficient (Wildman–Crippen LogP) is 4.39. The van der Waals surface area contributed by atoms with Crippen LogP contribution in [0.25, 0.3) is 11.0 Å². The van der Waals surface area contributed by atoms with Crippen molar-refractivity contribution in [2.45, 2.75) is 26.8 Å². The molecule has 0 spiro atoms. The molecule has 0 unspecified atom stereocenters. The van der Waals surface area contributed by atoms with E-state index in [1.807, 2.05) is 46.1 Å². The van der Waals surface area contributed by atoms with Crippen LogP contribution >= 0.6 is 0 Å². The molecule has 4 heteroatoms. The number of hydrogen-bond donors (Lipinski definition) is 1. The zero-order chi connectivity index (χ0) is 18.8. The number of fused-ring (bicyclic) bond motifs is 1. The molecule has 26 heavy (non-hydrogen) atoms. The Labute approximate surface area is 154 Å². The number of nitrogens with zero attached hydrogens (tertiary/aromatic N) is 1. The Morgan fingerprint density at radius 3 is 2.35 bits per heavy atom. The van der Waals surface area contributed by atoms with E-state index in [0.717, 1.165) is 22.1 Å². The van der Waals surface area contributed by atoms with Crippen LogP contribution in [-0.2, 0) is 0 Å². The molecule has 0 aliphatic heterocycles. The number of hydrogen-bond acceptors (Lipinski definition) is 3. The topological polar surface area (TPSA) is 45.5 Å². The SMILES string of the molecule is Cc1ccc([C@@H](CNC(=O)c2oc3cc(C)ccc3c2C)N(C)C)cc1. The summed E-state index contributed by atoms with van der Waals surface area (Å²) in [7, 11) is 4.04. The summed E-state index contributed by atoms with van der Waals surface area (Å²) in [6, 6.07) is 14.5. The van der Waals surface area contributed by atoms with Crippen molar-refractivity contribution in [3.63, 3.8) is 0 Å². The zero-order valence-corrected chi connectivity index (χ0v) is 16.1. The van der Waals surface area contributed by atoms with Crippen molar-refractivity contribution in [3.05, 3.63) is 70.5 Å². The third-order valence-electron chi connectivity index (χ3n) is 4.84. The number of carbonyl (C=O) groups excluding carboxylic acids is 1. The van der Waals surface area contributed by atoms with Crippen LogP contribution in [-0.4, -0.2) is 31.4 Å². The fraction of sp³-hybridized carbons (Fsp3) is 0.318. The van der Waals surface area contributed by atoms with Gasteiger partial charge in [0.1, 0.15) is 5.58 Å². The molecule has 0 aliphatic carbocycles. The van der Waals surface area contributed by atoms with E-state index in [9.17, 15) is 4.79 Å². The quantitative estimate of drug-likeness (QED) is 0.742. The molecule has 136 valence electrons. The van der Waals surface area contributed by atoms with Crippen molar-refractivity contribution in [1.82, 2.24) is 10.2 Å². The lowest BCUT2D eigenvalue weighted by molar-refractivity contribution is 0.0915. The highest BCUT2D eigenvalue weighted by Crippen LogP contribution is 2.26. The third-order valence-corrected chi connectivity index (χ3v) is 4.84. The van der Waals surface area contributed by atoms with Gasteiger partial charge in [0.2, 0.25) is 0 Å². The number of aryl methyl sites for hydroxylation is 3.